The molecule has 2 N–H and O–H groups in total. The second kappa shape index (κ2) is 9.12. The molecule has 1 fully saturated rings. The molecule has 1 saturated carbocycles. The first-order valence-corrected chi connectivity index (χ1v) is 8.94. The zero-order valence-corrected chi connectivity index (χ0v) is 15.0. The average Bonchev–Trinajstić information content (AvgIpc) is 2.46. The summed E-state index contributed by atoms with van der Waals surface area (Å²) in [6, 6.07) is 0. The predicted molar refractivity (Wildman–Crippen MR) is 91.5 cm³/mol. The van der Waals surface area contributed by atoms with Gasteiger partial charge in [-0.05, 0) is 50.6 Å². The molecule has 0 saturated heterocycles. The Morgan fingerprint density at radius 3 is 2.10 bits per heavy atom. The average molecular weight is 299 g/mol. The van der Waals surface area contributed by atoms with Crippen molar-refractivity contribution in [3.8, 4) is 0 Å². The van der Waals surface area contributed by atoms with E-state index < -0.39 is 0 Å². The van der Waals surface area contributed by atoms with Crippen LogP contribution in [-0.4, -0.2) is 43.3 Å². The Hall–Kier alpha value is -0.120. The molecule has 0 radical (unpaired) electrons. The van der Waals surface area contributed by atoms with Crippen LogP contribution in [0.15, 0.2) is 0 Å². The van der Waals surface area contributed by atoms with Crippen LogP contribution < -0.4 is 5.73 Å². The Balaban J connectivity index is 2.87. The molecule has 0 aliphatic heterocycles. The summed E-state index contributed by atoms with van der Waals surface area (Å²) in [7, 11) is 1.86. The lowest BCUT2D eigenvalue weighted by Crippen LogP contribution is -2.63. The second-order valence-corrected chi connectivity index (χ2v) is 7.63. The molecule has 1 rings (SSSR count). The smallest absolute Gasteiger partial charge is 0.0767 e. The Morgan fingerprint density at radius 2 is 1.67 bits per heavy atom. The lowest BCUT2D eigenvalue weighted by molar-refractivity contribution is -0.0779. The second-order valence-electron chi connectivity index (χ2n) is 7.63. The molecular weight excluding hydrogens is 260 g/mol. The van der Waals surface area contributed by atoms with E-state index in [0.29, 0.717) is 6.10 Å². The topological polar surface area (TPSA) is 38.5 Å². The lowest BCUT2D eigenvalue weighted by atomic mass is 9.77. The van der Waals surface area contributed by atoms with E-state index in [4.69, 9.17) is 10.5 Å². The molecule has 3 nitrogen and oxygen atoms in total. The van der Waals surface area contributed by atoms with Crippen LogP contribution in [-0.2, 0) is 4.74 Å². The van der Waals surface area contributed by atoms with Crippen molar-refractivity contribution in [2.45, 2.75) is 77.9 Å². The summed E-state index contributed by atoms with van der Waals surface area (Å²) in [5.74, 6) is 1.48. The van der Waals surface area contributed by atoms with Gasteiger partial charge >= 0.3 is 0 Å². The van der Waals surface area contributed by atoms with Gasteiger partial charge in [0.05, 0.1) is 11.6 Å². The van der Waals surface area contributed by atoms with Gasteiger partial charge in [0.2, 0.25) is 0 Å². The van der Waals surface area contributed by atoms with Gasteiger partial charge < -0.3 is 10.5 Å². The first kappa shape index (κ1) is 18.9. The number of rotatable bonds is 9. The number of methoxy groups -OCH3 is 1. The molecule has 0 spiro atoms. The van der Waals surface area contributed by atoms with Crippen molar-refractivity contribution in [1.29, 1.82) is 0 Å². The Morgan fingerprint density at radius 1 is 1.10 bits per heavy atom. The van der Waals surface area contributed by atoms with E-state index in [1.165, 1.54) is 32.1 Å². The summed E-state index contributed by atoms with van der Waals surface area (Å²) in [5, 5.41) is 0. The fraction of sp³-hybridized carbons (Fsp3) is 1.00. The summed E-state index contributed by atoms with van der Waals surface area (Å²) in [6.45, 7) is 12.3. The quantitative estimate of drug-likeness (QED) is 0.706. The number of nitrogens with zero attached hydrogens (tertiary/aromatic N) is 1. The summed E-state index contributed by atoms with van der Waals surface area (Å²) < 4.78 is 5.87. The summed E-state index contributed by atoms with van der Waals surface area (Å²) >= 11 is 0. The zero-order chi connectivity index (χ0) is 15.9. The molecule has 126 valence electrons. The number of hydrogen-bond acceptors (Lipinski definition) is 3. The third-order valence-corrected chi connectivity index (χ3v) is 5.15. The summed E-state index contributed by atoms with van der Waals surface area (Å²) in [6.07, 6.45) is 7.72. The highest BCUT2D eigenvalue weighted by atomic mass is 16.5. The van der Waals surface area contributed by atoms with Gasteiger partial charge in [0, 0.05) is 13.7 Å². The molecule has 2 atom stereocenters. The van der Waals surface area contributed by atoms with Crippen molar-refractivity contribution >= 4 is 0 Å². The highest BCUT2D eigenvalue weighted by Crippen LogP contribution is 2.36. The van der Waals surface area contributed by atoms with Crippen molar-refractivity contribution in [2.75, 3.05) is 26.7 Å². The maximum absolute atomic E-state index is 6.30. The first-order valence-electron chi connectivity index (χ1n) is 8.94. The molecule has 0 bridgehead atoms. The highest BCUT2D eigenvalue weighted by Gasteiger charge is 2.44. The molecule has 0 aromatic heterocycles. The van der Waals surface area contributed by atoms with Crippen molar-refractivity contribution in [2.24, 2.45) is 17.6 Å². The molecule has 1 aliphatic rings. The highest BCUT2D eigenvalue weighted by molar-refractivity contribution is 5.01. The third kappa shape index (κ3) is 5.22. The van der Waals surface area contributed by atoms with Gasteiger partial charge in [0.15, 0.2) is 0 Å². The number of nitrogens with two attached hydrogens (primary N) is 1. The van der Waals surface area contributed by atoms with Crippen LogP contribution in [0, 0.1) is 11.8 Å². The van der Waals surface area contributed by atoms with E-state index in [-0.39, 0.29) is 5.54 Å². The largest absolute Gasteiger partial charge is 0.379 e. The standard InChI is InChI=1S/C18H38N2O/c1-15(2)9-12-20(13-10-16(3)4)18(14-19)11-7-6-8-17(18)21-5/h15-17H,6-14,19H2,1-5H3. The fourth-order valence-electron chi connectivity index (χ4n) is 3.64. The van der Waals surface area contributed by atoms with E-state index in [9.17, 15) is 0 Å². The van der Waals surface area contributed by atoms with Crippen molar-refractivity contribution in [3.05, 3.63) is 0 Å². The fourth-order valence-corrected chi connectivity index (χ4v) is 3.64. The summed E-state index contributed by atoms with van der Waals surface area (Å²) in [5.41, 5.74) is 6.36. The molecule has 0 heterocycles. The van der Waals surface area contributed by atoms with Crippen molar-refractivity contribution in [3.63, 3.8) is 0 Å². The Labute approximate surface area is 132 Å². The van der Waals surface area contributed by atoms with Gasteiger partial charge in [-0.25, -0.2) is 0 Å². The Bertz CT molecular complexity index is 268. The maximum atomic E-state index is 6.30. The van der Waals surface area contributed by atoms with Crippen LogP contribution in [0.25, 0.3) is 0 Å². The predicted octanol–water partition coefficient (Wildman–Crippen LogP) is 3.67. The SMILES string of the molecule is COC1CCCCC1(CN)N(CCC(C)C)CCC(C)C. The molecule has 21 heavy (non-hydrogen) atoms. The lowest BCUT2D eigenvalue weighted by Gasteiger charge is -2.50. The normalized spacial score (nSPS) is 27.0. The van der Waals surface area contributed by atoms with Gasteiger partial charge in [-0.15, -0.1) is 0 Å². The first-order chi connectivity index (χ1) is 9.96. The van der Waals surface area contributed by atoms with Crippen molar-refractivity contribution < 1.29 is 4.74 Å². The van der Waals surface area contributed by atoms with Crippen LogP contribution in [0.1, 0.15) is 66.2 Å². The third-order valence-electron chi connectivity index (χ3n) is 5.15. The van der Waals surface area contributed by atoms with E-state index in [0.717, 1.165) is 37.9 Å². The van der Waals surface area contributed by atoms with Crippen LogP contribution in [0.4, 0.5) is 0 Å². The van der Waals surface area contributed by atoms with Crippen LogP contribution in [0.5, 0.6) is 0 Å². The minimum absolute atomic E-state index is 0.0663. The zero-order valence-electron chi connectivity index (χ0n) is 15.0. The monoisotopic (exact) mass is 298 g/mol. The molecular formula is C18H38N2O. The van der Waals surface area contributed by atoms with E-state index in [1.54, 1.807) is 0 Å². The maximum Gasteiger partial charge on any atom is 0.0767 e. The van der Waals surface area contributed by atoms with Gasteiger partial charge in [0.25, 0.3) is 0 Å². The van der Waals surface area contributed by atoms with Crippen LogP contribution >= 0.6 is 0 Å². The van der Waals surface area contributed by atoms with Gasteiger partial charge in [-0.3, -0.25) is 4.90 Å². The molecule has 1 aliphatic carbocycles. The number of hydrogen-bond donors (Lipinski definition) is 1. The minimum atomic E-state index is 0.0663. The summed E-state index contributed by atoms with van der Waals surface area (Å²) in [4.78, 5) is 2.68. The van der Waals surface area contributed by atoms with Gasteiger partial charge in [-0.1, -0.05) is 40.5 Å². The van der Waals surface area contributed by atoms with Crippen LogP contribution in [0.3, 0.4) is 0 Å². The van der Waals surface area contributed by atoms with Gasteiger partial charge in [0.1, 0.15) is 0 Å². The Kier molecular flexibility index (Phi) is 8.22. The van der Waals surface area contributed by atoms with Gasteiger partial charge in [-0.2, -0.15) is 0 Å². The van der Waals surface area contributed by atoms with Crippen molar-refractivity contribution in [1.82, 2.24) is 4.90 Å². The van der Waals surface area contributed by atoms with E-state index >= 15 is 0 Å². The van der Waals surface area contributed by atoms with Crippen LogP contribution in [0.2, 0.25) is 0 Å². The van der Waals surface area contributed by atoms with E-state index in [2.05, 4.69) is 32.6 Å². The molecule has 0 aromatic carbocycles. The molecule has 2 unspecified atom stereocenters. The molecule has 0 amide bonds. The van der Waals surface area contributed by atoms with E-state index in [1.807, 2.05) is 7.11 Å². The minimum Gasteiger partial charge on any atom is -0.379 e. The molecule has 0 aromatic rings. The number of ether oxygens (including phenoxy) is 1. The molecule has 3 heteroatoms.